The van der Waals surface area contributed by atoms with Crippen molar-refractivity contribution in [2.45, 2.75) is 25.2 Å². The fourth-order valence-electron chi connectivity index (χ4n) is 2.47. The van der Waals surface area contributed by atoms with Crippen LogP contribution in [-0.2, 0) is 16.1 Å². The van der Waals surface area contributed by atoms with E-state index in [4.69, 9.17) is 16.3 Å². The fraction of sp³-hybridized carbons (Fsp3) is 0.300. The summed E-state index contributed by atoms with van der Waals surface area (Å²) in [5.41, 5.74) is 1.26. The van der Waals surface area contributed by atoms with Gasteiger partial charge >= 0.3 is 12.1 Å². The first-order chi connectivity index (χ1) is 13.4. The van der Waals surface area contributed by atoms with Gasteiger partial charge in [0.05, 0.1) is 23.8 Å². The number of methoxy groups -OCH3 is 1. The Labute approximate surface area is 167 Å². The lowest BCUT2D eigenvalue weighted by molar-refractivity contribution is 0.0135. The predicted molar refractivity (Wildman–Crippen MR) is 103 cm³/mol. The van der Waals surface area contributed by atoms with Crippen LogP contribution in [-0.4, -0.2) is 42.0 Å². The number of hydrogen-bond acceptors (Lipinski definition) is 6. The maximum absolute atomic E-state index is 11.7. The minimum Gasteiger partial charge on any atom is -0.465 e. The van der Waals surface area contributed by atoms with Crippen molar-refractivity contribution in [3.05, 3.63) is 70.2 Å². The van der Waals surface area contributed by atoms with Gasteiger partial charge in [-0.1, -0.05) is 48.0 Å². The van der Waals surface area contributed by atoms with E-state index >= 15 is 0 Å². The predicted octanol–water partition coefficient (Wildman–Crippen LogP) is 2.84. The average molecular weight is 408 g/mol. The molecule has 2 unspecified atom stereocenters. The molecule has 0 spiro atoms. The molecule has 0 radical (unpaired) electrons. The highest BCUT2D eigenvalue weighted by atomic mass is 35.5. The zero-order chi connectivity index (χ0) is 20.5. The molecule has 0 saturated carbocycles. The van der Waals surface area contributed by atoms with Gasteiger partial charge in [0, 0.05) is 6.54 Å². The molecule has 0 heterocycles. The van der Waals surface area contributed by atoms with E-state index in [2.05, 4.69) is 10.1 Å². The number of carbonyl (C=O) groups excluding carboxylic acids is 2. The molecule has 0 aliphatic heterocycles. The molecular formula is C20H22ClNO6. The molecule has 0 aliphatic carbocycles. The lowest BCUT2D eigenvalue weighted by Crippen LogP contribution is -2.29. The zero-order valence-electron chi connectivity index (χ0n) is 15.3. The summed E-state index contributed by atoms with van der Waals surface area (Å²) >= 11 is 5.94. The van der Waals surface area contributed by atoms with Crippen LogP contribution in [0, 0.1) is 0 Å². The van der Waals surface area contributed by atoms with Crippen molar-refractivity contribution >= 4 is 23.7 Å². The van der Waals surface area contributed by atoms with Crippen LogP contribution in [0.3, 0.4) is 0 Å². The van der Waals surface area contributed by atoms with Crippen LogP contribution >= 0.6 is 11.6 Å². The van der Waals surface area contributed by atoms with E-state index in [1.54, 1.807) is 0 Å². The summed E-state index contributed by atoms with van der Waals surface area (Å²) in [6, 6.07) is 13.5. The third kappa shape index (κ3) is 6.23. The van der Waals surface area contributed by atoms with Crippen molar-refractivity contribution in [2.24, 2.45) is 0 Å². The summed E-state index contributed by atoms with van der Waals surface area (Å²) in [4.78, 5) is 23.4. The molecule has 2 atom stereocenters. The second-order valence-corrected chi connectivity index (χ2v) is 6.43. The molecular weight excluding hydrogens is 386 g/mol. The molecule has 2 aromatic rings. The van der Waals surface area contributed by atoms with E-state index in [1.807, 2.05) is 30.3 Å². The van der Waals surface area contributed by atoms with Crippen molar-refractivity contribution in [3.8, 4) is 0 Å². The molecule has 2 aromatic carbocycles. The fourth-order valence-corrected chi connectivity index (χ4v) is 2.66. The standard InChI is InChI=1S/C20H22ClNO6/c1-27-19(25)15-11-14(7-8-16(15)21)18(24)17(23)9-10-22-20(26)28-12-13-5-3-2-4-6-13/h2-8,11,17-18,23-24H,9-10,12H2,1H3,(H,22,26). The first-order valence-electron chi connectivity index (χ1n) is 8.60. The van der Waals surface area contributed by atoms with Crippen LogP contribution in [0.5, 0.6) is 0 Å². The minimum atomic E-state index is -1.26. The third-order valence-corrected chi connectivity index (χ3v) is 4.35. The van der Waals surface area contributed by atoms with Crippen LogP contribution in [0.4, 0.5) is 4.79 Å². The SMILES string of the molecule is COC(=O)c1cc(C(O)C(O)CCNC(=O)OCc2ccccc2)ccc1Cl. The van der Waals surface area contributed by atoms with Gasteiger partial charge in [-0.2, -0.15) is 0 Å². The van der Waals surface area contributed by atoms with Crippen molar-refractivity contribution < 1.29 is 29.3 Å². The van der Waals surface area contributed by atoms with Crippen LogP contribution in [0.15, 0.2) is 48.5 Å². The summed E-state index contributed by atoms with van der Waals surface area (Å²) in [6.45, 7) is 0.238. The molecule has 0 aromatic heterocycles. The number of esters is 1. The van der Waals surface area contributed by atoms with Gasteiger partial charge in [-0.05, 0) is 29.7 Å². The maximum Gasteiger partial charge on any atom is 0.407 e. The number of carbonyl (C=O) groups is 2. The van der Waals surface area contributed by atoms with Crippen LogP contribution in [0.2, 0.25) is 5.02 Å². The van der Waals surface area contributed by atoms with Gasteiger partial charge in [0.25, 0.3) is 0 Å². The van der Waals surface area contributed by atoms with Crippen molar-refractivity contribution in [1.82, 2.24) is 5.32 Å². The molecule has 3 N–H and O–H groups in total. The molecule has 150 valence electrons. The zero-order valence-corrected chi connectivity index (χ0v) is 16.1. The number of alkyl carbamates (subject to hydrolysis) is 1. The van der Waals surface area contributed by atoms with Gasteiger partial charge in [-0.3, -0.25) is 0 Å². The van der Waals surface area contributed by atoms with Gasteiger partial charge in [0.2, 0.25) is 0 Å². The number of benzene rings is 2. The Hall–Kier alpha value is -2.61. The summed E-state index contributed by atoms with van der Waals surface area (Å²) in [5.74, 6) is -0.642. The number of halogens is 1. The molecule has 2 rings (SSSR count). The number of aliphatic hydroxyl groups excluding tert-OH is 2. The molecule has 0 aliphatic rings. The average Bonchev–Trinajstić information content (AvgIpc) is 2.72. The van der Waals surface area contributed by atoms with Crippen molar-refractivity contribution in [2.75, 3.05) is 13.7 Å². The second kappa shape index (κ2) is 10.7. The summed E-state index contributed by atoms with van der Waals surface area (Å²) < 4.78 is 9.69. The lowest BCUT2D eigenvalue weighted by atomic mass is 10.00. The Kier molecular flexibility index (Phi) is 8.25. The van der Waals surface area contributed by atoms with E-state index in [-0.39, 0.29) is 30.2 Å². The van der Waals surface area contributed by atoms with Gasteiger partial charge < -0.3 is 25.0 Å². The molecule has 1 amide bonds. The van der Waals surface area contributed by atoms with Crippen molar-refractivity contribution in [1.29, 1.82) is 0 Å². The highest BCUT2D eigenvalue weighted by molar-refractivity contribution is 6.33. The monoisotopic (exact) mass is 407 g/mol. The first-order valence-corrected chi connectivity index (χ1v) is 8.98. The Bertz CT molecular complexity index is 799. The molecule has 0 saturated heterocycles. The van der Waals surface area contributed by atoms with E-state index in [0.29, 0.717) is 5.56 Å². The maximum atomic E-state index is 11.7. The Morgan fingerprint density at radius 3 is 2.54 bits per heavy atom. The van der Waals surface area contributed by atoms with Crippen LogP contribution < -0.4 is 5.32 Å². The van der Waals surface area contributed by atoms with Gasteiger partial charge in [0.1, 0.15) is 12.7 Å². The lowest BCUT2D eigenvalue weighted by Gasteiger charge is -2.19. The first kappa shape index (κ1) is 21.7. The number of aliphatic hydroxyl groups is 2. The number of hydrogen-bond donors (Lipinski definition) is 3. The van der Waals surface area contributed by atoms with Crippen LogP contribution in [0.25, 0.3) is 0 Å². The molecule has 0 bridgehead atoms. The Balaban J connectivity index is 1.81. The number of rotatable bonds is 8. The van der Waals surface area contributed by atoms with Gasteiger partial charge in [-0.25, -0.2) is 9.59 Å². The highest BCUT2D eigenvalue weighted by Crippen LogP contribution is 2.25. The topological polar surface area (TPSA) is 105 Å². The normalized spacial score (nSPS) is 12.7. The Morgan fingerprint density at radius 2 is 1.86 bits per heavy atom. The second-order valence-electron chi connectivity index (χ2n) is 6.02. The van der Waals surface area contributed by atoms with Gasteiger partial charge in [-0.15, -0.1) is 0 Å². The van der Waals surface area contributed by atoms with Gasteiger partial charge in [0.15, 0.2) is 0 Å². The van der Waals surface area contributed by atoms with E-state index in [9.17, 15) is 19.8 Å². The Morgan fingerprint density at radius 1 is 1.14 bits per heavy atom. The highest BCUT2D eigenvalue weighted by Gasteiger charge is 2.21. The third-order valence-electron chi connectivity index (χ3n) is 4.02. The number of ether oxygens (including phenoxy) is 2. The smallest absolute Gasteiger partial charge is 0.407 e. The largest absolute Gasteiger partial charge is 0.465 e. The number of amides is 1. The molecule has 0 fully saturated rings. The molecule has 28 heavy (non-hydrogen) atoms. The van der Waals surface area contributed by atoms with E-state index in [0.717, 1.165) is 5.56 Å². The minimum absolute atomic E-state index is 0.0811. The molecule has 8 heteroatoms. The summed E-state index contributed by atoms with van der Waals surface area (Å²) in [5, 5.41) is 23.1. The summed E-state index contributed by atoms with van der Waals surface area (Å²) in [7, 11) is 1.22. The summed E-state index contributed by atoms with van der Waals surface area (Å²) in [6.07, 6.45) is -2.97. The quantitative estimate of drug-likeness (QED) is 0.581. The van der Waals surface area contributed by atoms with Crippen molar-refractivity contribution in [3.63, 3.8) is 0 Å². The van der Waals surface area contributed by atoms with Crippen LogP contribution in [0.1, 0.15) is 34.0 Å². The van der Waals surface area contributed by atoms with E-state index < -0.39 is 24.3 Å². The number of nitrogens with one attached hydrogen (secondary N) is 1. The molecule has 7 nitrogen and oxygen atoms in total. The van der Waals surface area contributed by atoms with E-state index in [1.165, 1.54) is 25.3 Å².